The Bertz CT molecular complexity index is 473. The van der Waals surface area contributed by atoms with E-state index in [1.54, 1.807) is 11.3 Å². The van der Waals surface area contributed by atoms with Crippen molar-refractivity contribution < 1.29 is 4.79 Å². The molecule has 0 unspecified atom stereocenters. The summed E-state index contributed by atoms with van der Waals surface area (Å²) >= 11 is 1.59. The number of thiazole rings is 1. The molecule has 20 heavy (non-hydrogen) atoms. The zero-order chi connectivity index (χ0) is 14.1. The van der Waals surface area contributed by atoms with Gasteiger partial charge in [-0.1, -0.05) is 11.3 Å². The largest absolute Gasteiger partial charge is 0.348 e. The minimum atomic E-state index is 0.562. The van der Waals surface area contributed by atoms with Crippen molar-refractivity contribution in [2.24, 2.45) is 5.92 Å². The fourth-order valence-corrected chi connectivity index (χ4v) is 4.04. The van der Waals surface area contributed by atoms with E-state index in [2.05, 4.69) is 23.9 Å². The molecule has 1 aromatic heterocycles. The third-order valence-corrected chi connectivity index (χ3v) is 5.31. The Balaban J connectivity index is 1.64. The van der Waals surface area contributed by atoms with Crippen LogP contribution in [0.1, 0.15) is 47.0 Å². The monoisotopic (exact) mass is 293 g/mol. The molecule has 1 aliphatic carbocycles. The van der Waals surface area contributed by atoms with Crippen LogP contribution in [0.2, 0.25) is 0 Å². The smallest absolute Gasteiger partial charge is 0.186 e. The molecule has 3 rings (SSSR count). The third kappa shape index (κ3) is 3.04. The van der Waals surface area contributed by atoms with Crippen LogP contribution in [0.4, 0.5) is 5.13 Å². The summed E-state index contributed by atoms with van der Waals surface area (Å²) in [5.74, 6) is 1.36. The van der Waals surface area contributed by atoms with E-state index in [-0.39, 0.29) is 0 Å². The van der Waals surface area contributed by atoms with Gasteiger partial charge >= 0.3 is 0 Å². The Kier molecular flexibility index (Phi) is 4.08. The van der Waals surface area contributed by atoms with Crippen molar-refractivity contribution >= 4 is 22.8 Å². The van der Waals surface area contributed by atoms with Crippen LogP contribution in [-0.4, -0.2) is 49.9 Å². The van der Waals surface area contributed by atoms with Gasteiger partial charge in [-0.05, 0) is 45.7 Å². The van der Waals surface area contributed by atoms with E-state index in [4.69, 9.17) is 4.98 Å². The molecule has 1 aliphatic heterocycles. The molecule has 0 aromatic carbocycles. The highest BCUT2D eigenvalue weighted by Crippen LogP contribution is 2.43. The van der Waals surface area contributed by atoms with Crippen LogP contribution in [0.3, 0.4) is 0 Å². The number of carbonyl (C=O) groups is 1. The highest BCUT2D eigenvalue weighted by atomic mass is 32.1. The van der Waals surface area contributed by atoms with Gasteiger partial charge in [-0.2, -0.15) is 0 Å². The van der Waals surface area contributed by atoms with Gasteiger partial charge in [0, 0.05) is 25.6 Å². The molecule has 0 bridgehead atoms. The number of carbonyl (C=O) groups excluding carboxylic acids is 1. The minimum Gasteiger partial charge on any atom is -0.348 e. The molecular weight excluding hydrogens is 270 g/mol. The van der Waals surface area contributed by atoms with Crippen LogP contribution >= 0.6 is 11.3 Å². The lowest BCUT2D eigenvalue weighted by Crippen LogP contribution is -2.37. The Hall–Kier alpha value is -0.940. The van der Waals surface area contributed by atoms with E-state index in [9.17, 15) is 4.79 Å². The predicted molar refractivity (Wildman–Crippen MR) is 83.0 cm³/mol. The number of aldehydes is 1. The second kappa shape index (κ2) is 5.82. The molecule has 110 valence electrons. The lowest BCUT2D eigenvalue weighted by atomic mass is 9.97. The molecule has 1 aromatic rings. The number of nitrogens with zero attached hydrogens (tertiary/aromatic N) is 3. The molecule has 0 amide bonds. The molecule has 2 heterocycles. The van der Waals surface area contributed by atoms with Crippen molar-refractivity contribution in [1.82, 2.24) is 9.88 Å². The van der Waals surface area contributed by atoms with Crippen LogP contribution in [0, 0.1) is 5.92 Å². The van der Waals surface area contributed by atoms with Crippen molar-refractivity contribution in [2.75, 3.05) is 38.6 Å². The molecule has 1 saturated carbocycles. The average Bonchev–Trinajstić information content (AvgIpc) is 3.18. The SMILES string of the molecule is CN(C)CC1CCN(c2nc(C3CC3)c(C=O)s2)CC1. The van der Waals surface area contributed by atoms with Gasteiger partial charge in [0.05, 0.1) is 10.6 Å². The minimum absolute atomic E-state index is 0.562. The maximum atomic E-state index is 11.2. The normalized spacial score (nSPS) is 20.6. The van der Waals surface area contributed by atoms with Crippen molar-refractivity contribution in [2.45, 2.75) is 31.6 Å². The molecule has 2 aliphatic rings. The summed E-state index contributed by atoms with van der Waals surface area (Å²) in [6.45, 7) is 3.33. The number of hydrogen-bond donors (Lipinski definition) is 0. The molecule has 4 nitrogen and oxygen atoms in total. The fraction of sp³-hybridized carbons (Fsp3) is 0.733. The van der Waals surface area contributed by atoms with Crippen molar-refractivity contribution in [3.05, 3.63) is 10.6 Å². The number of hydrogen-bond acceptors (Lipinski definition) is 5. The highest BCUT2D eigenvalue weighted by Gasteiger charge is 2.31. The molecule has 0 N–H and O–H groups in total. The molecule has 5 heteroatoms. The van der Waals surface area contributed by atoms with Crippen LogP contribution in [0.25, 0.3) is 0 Å². The molecule has 0 spiro atoms. The molecular formula is C15H23N3OS. The fourth-order valence-electron chi connectivity index (χ4n) is 3.02. The van der Waals surface area contributed by atoms with Crippen molar-refractivity contribution in [3.8, 4) is 0 Å². The first-order chi connectivity index (χ1) is 9.67. The topological polar surface area (TPSA) is 36.4 Å². The van der Waals surface area contributed by atoms with Crippen molar-refractivity contribution in [3.63, 3.8) is 0 Å². The Morgan fingerprint density at radius 2 is 2.00 bits per heavy atom. The first-order valence-corrected chi connectivity index (χ1v) is 8.34. The van der Waals surface area contributed by atoms with E-state index in [0.29, 0.717) is 5.92 Å². The van der Waals surface area contributed by atoms with Gasteiger partial charge in [0.2, 0.25) is 0 Å². The second-order valence-electron chi connectivity index (χ2n) is 6.33. The Labute approximate surface area is 124 Å². The van der Waals surface area contributed by atoms with E-state index in [1.165, 1.54) is 32.2 Å². The summed E-state index contributed by atoms with van der Waals surface area (Å²) in [7, 11) is 4.29. The summed E-state index contributed by atoms with van der Waals surface area (Å²) < 4.78 is 0. The predicted octanol–water partition coefficient (Wildman–Crippen LogP) is 2.61. The van der Waals surface area contributed by atoms with Crippen LogP contribution in [-0.2, 0) is 0 Å². The third-order valence-electron chi connectivity index (χ3n) is 4.25. The molecule has 0 atom stereocenters. The van der Waals surface area contributed by atoms with Gasteiger partial charge in [-0.15, -0.1) is 0 Å². The number of piperidine rings is 1. The van der Waals surface area contributed by atoms with Crippen LogP contribution in [0.5, 0.6) is 0 Å². The highest BCUT2D eigenvalue weighted by molar-refractivity contribution is 7.17. The zero-order valence-corrected chi connectivity index (χ0v) is 13.2. The summed E-state index contributed by atoms with van der Waals surface area (Å²) in [6, 6.07) is 0. The lowest BCUT2D eigenvalue weighted by Gasteiger charge is -2.33. The molecule has 1 saturated heterocycles. The maximum absolute atomic E-state index is 11.2. The quantitative estimate of drug-likeness (QED) is 0.782. The standard InChI is InChI=1S/C15H23N3OS/c1-17(2)9-11-5-7-18(8-6-11)15-16-14(12-3-4-12)13(10-19)20-15/h10-12H,3-9H2,1-2H3. The van der Waals surface area contributed by atoms with Crippen molar-refractivity contribution in [1.29, 1.82) is 0 Å². The van der Waals surface area contributed by atoms with E-state index >= 15 is 0 Å². The summed E-state index contributed by atoms with van der Waals surface area (Å²) in [4.78, 5) is 21.4. The van der Waals surface area contributed by atoms with E-state index in [1.807, 2.05) is 0 Å². The zero-order valence-electron chi connectivity index (χ0n) is 12.3. The summed E-state index contributed by atoms with van der Waals surface area (Å²) in [5.41, 5.74) is 1.07. The lowest BCUT2D eigenvalue weighted by molar-refractivity contribution is 0.112. The van der Waals surface area contributed by atoms with Crippen LogP contribution < -0.4 is 4.90 Å². The van der Waals surface area contributed by atoms with Gasteiger partial charge in [-0.3, -0.25) is 4.79 Å². The summed E-state index contributed by atoms with van der Waals surface area (Å²) in [5, 5.41) is 1.07. The maximum Gasteiger partial charge on any atom is 0.186 e. The van der Waals surface area contributed by atoms with Gasteiger partial charge in [-0.25, -0.2) is 4.98 Å². The summed E-state index contributed by atoms with van der Waals surface area (Å²) in [6.07, 6.45) is 5.86. The van der Waals surface area contributed by atoms with E-state index < -0.39 is 0 Å². The number of aromatic nitrogens is 1. The van der Waals surface area contributed by atoms with E-state index in [0.717, 1.165) is 41.0 Å². The van der Waals surface area contributed by atoms with Gasteiger partial charge in [0.1, 0.15) is 0 Å². The number of rotatable bonds is 5. The first-order valence-electron chi connectivity index (χ1n) is 7.53. The molecule has 0 radical (unpaired) electrons. The Morgan fingerprint density at radius 3 is 2.55 bits per heavy atom. The van der Waals surface area contributed by atoms with Gasteiger partial charge in [0.25, 0.3) is 0 Å². The first kappa shape index (κ1) is 14.0. The average molecular weight is 293 g/mol. The van der Waals surface area contributed by atoms with Gasteiger partial charge < -0.3 is 9.80 Å². The second-order valence-corrected chi connectivity index (χ2v) is 7.34. The van der Waals surface area contributed by atoms with Gasteiger partial charge in [0.15, 0.2) is 11.4 Å². The van der Waals surface area contributed by atoms with Crippen LogP contribution in [0.15, 0.2) is 0 Å². The number of anilines is 1. The molecule has 2 fully saturated rings. The Morgan fingerprint density at radius 1 is 1.30 bits per heavy atom.